The van der Waals surface area contributed by atoms with Gasteiger partial charge in [-0.3, -0.25) is 4.79 Å². The van der Waals surface area contributed by atoms with Gasteiger partial charge in [0.15, 0.2) is 5.54 Å². The van der Waals surface area contributed by atoms with E-state index >= 15 is 0 Å². The second kappa shape index (κ2) is 7.09. The van der Waals surface area contributed by atoms with Crippen molar-refractivity contribution < 1.29 is 4.79 Å². The van der Waals surface area contributed by atoms with Crippen molar-refractivity contribution in [1.29, 1.82) is 0 Å². The molecule has 1 unspecified atom stereocenters. The number of nitrogens with one attached hydrogen (secondary N) is 1. The van der Waals surface area contributed by atoms with Crippen LogP contribution in [0.2, 0.25) is 0 Å². The largest absolute Gasteiger partial charge is 0.363 e. The SMILES string of the molecule is Cc1ccc(CN2C(=O)C3(Nc4ccccc4-c4c3c3ccccc3n4C)c3ccccc32)cc1. The first kappa shape index (κ1) is 20.1. The molecule has 0 bridgehead atoms. The predicted octanol–water partition coefficient (Wildman–Crippen LogP) is 6.37. The van der Waals surface area contributed by atoms with Gasteiger partial charge in [-0.1, -0.05) is 84.4 Å². The number of carbonyl (C=O) groups is 1. The van der Waals surface area contributed by atoms with Crippen LogP contribution in [-0.2, 0) is 23.9 Å². The molecule has 2 aliphatic heterocycles. The third-order valence-corrected chi connectivity index (χ3v) is 7.61. The van der Waals surface area contributed by atoms with E-state index in [0.29, 0.717) is 6.54 Å². The Bertz CT molecular complexity index is 1650. The normalized spacial score (nSPS) is 17.9. The van der Waals surface area contributed by atoms with Crippen LogP contribution in [-0.4, -0.2) is 10.5 Å². The first-order chi connectivity index (χ1) is 17.1. The van der Waals surface area contributed by atoms with Gasteiger partial charge in [0.2, 0.25) is 0 Å². The standard InChI is InChI=1S/C31H25N3O/c1-20-15-17-21(18-16-20)19-34-27-14-8-5-11-24(27)31(30(34)35)28-23-10-4-7-13-26(23)33(2)29(28)22-9-3-6-12-25(22)32-31/h3-18,32H,19H2,1-2H3. The summed E-state index contributed by atoms with van der Waals surface area (Å²) in [5, 5.41) is 4.86. The molecule has 0 fully saturated rings. The zero-order valence-corrected chi connectivity index (χ0v) is 19.7. The van der Waals surface area contributed by atoms with Gasteiger partial charge in [-0.15, -0.1) is 0 Å². The van der Waals surface area contributed by atoms with E-state index in [9.17, 15) is 4.79 Å². The van der Waals surface area contributed by atoms with Gasteiger partial charge in [-0.25, -0.2) is 0 Å². The Morgan fingerprint density at radius 3 is 2.40 bits per heavy atom. The second-order valence-corrected chi connectivity index (χ2v) is 9.61. The van der Waals surface area contributed by atoms with E-state index in [1.165, 1.54) is 5.56 Å². The van der Waals surface area contributed by atoms with Crippen molar-refractivity contribution in [3.63, 3.8) is 0 Å². The van der Waals surface area contributed by atoms with Crippen molar-refractivity contribution in [3.05, 3.63) is 119 Å². The van der Waals surface area contributed by atoms with Crippen LogP contribution in [0.4, 0.5) is 11.4 Å². The van der Waals surface area contributed by atoms with Gasteiger partial charge in [0.05, 0.1) is 17.9 Å². The number of aromatic nitrogens is 1. The molecule has 1 atom stereocenters. The molecule has 0 saturated carbocycles. The minimum absolute atomic E-state index is 0.0615. The molecule has 5 aromatic rings. The van der Waals surface area contributed by atoms with E-state index < -0.39 is 5.54 Å². The van der Waals surface area contributed by atoms with Crippen molar-refractivity contribution >= 4 is 28.2 Å². The maximum Gasteiger partial charge on any atom is 0.262 e. The lowest BCUT2D eigenvalue weighted by Gasteiger charge is -2.37. The summed E-state index contributed by atoms with van der Waals surface area (Å²) < 4.78 is 2.24. The molecule has 1 aromatic heterocycles. The van der Waals surface area contributed by atoms with Crippen LogP contribution >= 0.6 is 0 Å². The number of rotatable bonds is 2. The number of amides is 1. The van der Waals surface area contributed by atoms with Crippen molar-refractivity contribution in [2.45, 2.75) is 19.0 Å². The zero-order chi connectivity index (χ0) is 23.7. The minimum Gasteiger partial charge on any atom is -0.363 e. The lowest BCUT2D eigenvalue weighted by molar-refractivity contribution is -0.121. The second-order valence-electron chi connectivity index (χ2n) is 9.61. The van der Waals surface area contributed by atoms with Gasteiger partial charge in [0.25, 0.3) is 5.91 Å². The number of nitrogens with zero attached hydrogens (tertiary/aromatic N) is 2. The monoisotopic (exact) mass is 455 g/mol. The highest BCUT2D eigenvalue weighted by atomic mass is 16.2. The van der Waals surface area contributed by atoms with Gasteiger partial charge in [-0.05, 0) is 30.7 Å². The summed E-state index contributed by atoms with van der Waals surface area (Å²) in [7, 11) is 2.10. The third kappa shape index (κ3) is 2.59. The minimum atomic E-state index is -0.994. The molecule has 7 rings (SSSR count). The molecule has 0 saturated heterocycles. The lowest BCUT2D eigenvalue weighted by Crippen LogP contribution is -2.48. The molecule has 0 aliphatic carbocycles. The van der Waals surface area contributed by atoms with Crippen molar-refractivity contribution in [2.24, 2.45) is 7.05 Å². The summed E-state index contributed by atoms with van der Waals surface area (Å²) >= 11 is 0. The fourth-order valence-corrected chi connectivity index (χ4v) is 6.00. The maximum absolute atomic E-state index is 14.7. The summed E-state index contributed by atoms with van der Waals surface area (Å²) in [6.07, 6.45) is 0. The molecule has 0 radical (unpaired) electrons. The predicted molar refractivity (Wildman–Crippen MR) is 142 cm³/mol. The molecule has 3 heterocycles. The van der Waals surface area contributed by atoms with Crippen molar-refractivity contribution in [3.8, 4) is 11.3 Å². The molecule has 4 aromatic carbocycles. The lowest BCUT2D eigenvalue weighted by atomic mass is 9.78. The number of aryl methyl sites for hydroxylation is 2. The van der Waals surface area contributed by atoms with Crippen LogP contribution < -0.4 is 10.2 Å². The Kier molecular flexibility index (Phi) is 4.07. The van der Waals surface area contributed by atoms with Crippen LogP contribution in [0.3, 0.4) is 0 Å². The number of para-hydroxylation sites is 3. The molecule has 1 N–H and O–H groups in total. The van der Waals surface area contributed by atoms with Crippen LogP contribution in [0.5, 0.6) is 0 Å². The summed E-state index contributed by atoms with van der Waals surface area (Å²) in [4.78, 5) is 16.6. The third-order valence-electron chi connectivity index (χ3n) is 7.61. The summed E-state index contributed by atoms with van der Waals surface area (Å²) in [5.74, 6) is 0.0615. The smallest absolute Gasteiger partial charge is 0.262 e. The Labute approximate surface area is 204 Å². The Hall–Kier alpha value is -4.31. The quantitative estimate of drug-likeness (QED) is 0.336. The number of benzene rings is 4. The van der Waals surface area contributed by atoms with Crippen LogP contribution in [0.1, 0.15) is 22.3 Å². The highest BCUT2D eigenvalue weighted by Crippen LogP contribution is 2.55. The molecular formula is C31H25N3O. The van der Waals surface area contributed by atoms with Crippen molar-refractivity contribution in [2.75, 3.05) is 10.2 Å². The summed E-state index contributed by atoms with van der Waals surface area (Å²) in [5.41, 5.74) is 8.66. The molecule has 4 heteroatoms. The van der Waals surface area contributed by atoms with Crippen LogP contribution in [0, 0.1) is 6.92 Å². The highest BCUT2D eigenvalue weighted by Gasteiger charge is 2.56. The summed E-state index contributed by atoms with van der Waals surface area (Å²) in [6, 6.07) is 33.4. The Morgan fingerprint density at radius 1 is 0.829 bits per heavy atom. The van der Waals surface area contributed by atoms with E-state index in [1.54, 1.807) is 0 Å². The van der Waals surface area contributed by atoms with E-state index in [0.717, 1.165) is 50.2 Å². The molecule has 170 valence electrons. The Morgan fingerprint density at radius 2 is 1.54 bits per heavy atom. The molecule has 1 amide bonds. The van der Waals surface area contributed by atoms with E-state index in [4.69, 9.17) is 0 Å². The average Bonchev–Trinajstić information content (AvgIpc) is 3.32. The van der Waals surface area contributed by atoms with E-state index in [-0.39, 0.29) is 5.91 Å². The average molecular weight is 456 g/mol. The number of hydrogen-bond donors (Lipinski definition) is 1. The van der Waals surface area contributed by atoms with Gasteiger partial charge >= 0.3 is 0 Å². The Balaban J connectivity index is 1.53. The van der Waals surface area contributed by atoms with Gasteiger partial charge in [0, 0.05) is 40.3 Å². The fourth-order valence-electron chi connectivity index (χ4n) is 6.00. The molecule has 2 aliphatic rings. The number of fused-ring (bicyclic) bond motifs is 8. The molecule has 1 spiro atoms. The fraction of sp³-hybridized carbons (Fsp3) is 0.129. The maximum atomic E-state index is 14.7. The first-order valence-corrected chi connectivity index (χ1v) is 12.0. The van der Waals surface area contributed by atoms with E-state index in [1.807, 2.05) is 23.1 Å². The van der Waals surface area contributed by atoms with Gasteiger partial charge < -0.3 is 14.8 Å². The molecule has 35 heavy (non-hydrogen) atoms. The van der Waals surface area contributed by atoms with Crippen LogP contribution in [0.25, 0.3) is 22.2 Å². The molecule has 4 nitrogen and oxygen atoms in total. The molecular weight excluding hydrogens is 430 g/mol. The number of anilines is 2. The highest BCUT2D eigenvalue weighted by molar-refractivity contribution is 6.17. The van der Waals surface area contributed by atoms with E-state index in [2.05, 4.69) is 103 Å². The van der Waals surface area contributed by atoms with Gasteiger partial charge in [0.1, 0.15) is 0 Å². The van der Waals surface area contributed by atoms with Gasteiger partial charge in [-0.2, -0.15) is 0 Å². The van der Waals surface area contributed by atoms with Crippen LogP contribution in [0.15, 0.2) is 97.1 Å². The number of hydrogen-bond acceptors (Lipinski definition) is 2. The number of carbonyl (C=O) groups excluding carboxylic acids is 1. The van der Waals surface area contributed by atoms with Crippen molar-refractivity contribution in [1.82, 2.24) is 4.57 Å². The first-order valence-electron chi connectivity index (χ1n) is 12.0. The topological polar surface area (TPSA) is 37.3 Å². The zero-order valence-electron chi connectivity index (χ0n) is 19.7. The summed E-state index contributed by atoms with van der Waals surface area (Å²) in [6.45, 7) is 2.61.